The summed E-state index contributed by atoms with van der Waals surface area (Å²) >= 11 is 5.96. The molecule has 2 heterocycles. The van der Waals surface area contributed by atoms with Crippen molar-refractivity contribution in [2.24, 2.45) is 0 Å². The lowest BCUT2D eigenvalue weighted by atomic mass is 10.0. The molecule has 1 atom stereocenters. The van der Waals surface area contributed by atoms with Crippen LogP contribution < -0.4 is 4.90 Å². The molecule has 2 aliphatic rings. The summed E-state index contributed by atoms with van der Waals surface area (Å²) in [7, 11) is 0. The van der Waals surface area contributed by atoms with Crippen molar-refractivity contribution in [2.45, 2.75) is 19.4 Å². The maximum absolute atomic E-state index is 13.5. The first kappa shape index (κ1) is 22.6. The number of allylic oxidation sites excluding steroid dienone is 1. The molecule has 3 aromatic carbocycles. The van der Waals surface area contributed by atoms with Crippen LogP contribution in [0.25, 0.3) is 0 Å². The van der Waals surface area contributed by atoms with Gasteiger partial charge in [-0.3, -0.25) is 9.69 Å². The molecule has 0 aliphatic carbocycles. The average Bonchev–Trinajstić information content (AvgIpc) is 2.89. The topological polar surface area (TPSA) is 26.8 Å². The summed E-state index contributed by atoms with van der Waals surface area (Å²) in [5.74, 6) is -0.349. The smallest absolute Gasteiger partial charge is 0.253 e. The van der Waals surface area contributed by atoms with E-state index in [1.807, 2.05) is 35.2 Å². The molecule has 0 bridgehead atoms. The molecule has 0 aromatic heterocycles. The molecule has 2 aliphatic heterocycles. The normalized spacial score (nSPS) is 16.9. The molecular weight excluding hydrogens is 449 g/mol. The number of para-hydroxylation sites is 1. The van der Waals surface area contributed by atoms with Gasteiger partial charge in [-0.1, -0.05) is 41.9 Å². The molecule has 3 aromatic rings. The number of hydrogen-bond donors (Lipinski definition) is 0. The molecule has 6 heteroatoms. The average molecular weight is 476 g/mol. The van der Waals surface area contributed by atoms with Crippen molar-refractivity contribution in [3.63, 3.8) is 0 Å². The van der Waals surface area contributed by atoms with E-state index < -0.39 is 5.82 Å². The molecule has 1 unspecified atom stereocenters. The van der Waals surface area contributed by atoms with Crippen LogP contribution in [-0.4, -0.2) is 41.9 Å². The Morgan fingerprint density at radius 3 is 2.44 bits per heavy atom. The maximum atomic E-state index is 13.5. The molecule has 1 fully saturated rings. The highest BCUT2D eigenvalue weighted by Gasteiger charge is 2.26. The second-order valence-corrected chi connectivity index (χ2v) is 9.22. The number of benzene rings is 3. The molecule has 0 radical (unpaired) electrons. The monoisotopic (exact) mass is 475 g/mol. The predicted octanol–water partition coefficient (Wildman–Crippen LogP) is 6.21. The second-order valence-electron chi connectivity index (χ2n) is 8.81. The van der Waals surface area contributed by atoms with E-state index >= 15 is 0 Å². The fourth-order valence-electron chi connectivity index (χ4n) is 4.75. The van der Waals surface area contributed by atoms with Gasteiger partial charge in [-0.2, -0.15) is 0 Å². The Morgan fingerprint density at radius 2 is 1.71 bits per heavy atom. The van der Waals surface area contributed by atoms with Crippen LogP contribution in [0.3, 0.4) is 0 Å². The number of rotatable bonds is 4. The van der Waals surface area contributed by atoms with Gasteiger partial charge in [0.1, 0.15) is 5.82 Å². The van der Waals surface area contributed by atoms with Crippen LogP contribution in [0, 0.1) is 5.82 Å². The Morgan fingerprint density at radius 1 is 0.971 bits per heavy atom. The lowest BCUT2D eigenvalue weighted by molar-refractivity contribution is 0.0582. The molecule has 0 spiro atoms. The van der Waals surface area contributed by atoms with Crippen LogP contribution in [-0.2, 0) is 6.42 Å². The minimum atomic E-state index is -0.403. The summed E-state index contributed by atoms with van der Waals surface area (Å²) in [6.45, 7) is 4.92. The van der Waals surface area contributed by atoms with Crippen molar-refractivity contribution in [2.75, 3.05) is 31.1 Å². The van der Waals surface area contributed by atoms with E-state index in [-0.39, 0.29) is 17.0 Å². The second kappa shape index (κ2) is 9.61. The van der Waals surface area contributed by atoms with Crippen molar-refractivity contribution in [3.05, 3.63) is 107 Å². The van der Waals surface area contributed by atoms with Gasteiger partial charge < -0.3 is 9.80 Å². The van der Waals surface area contributed by atoms with Crippen LogP contribution in [0.4, 0.5) is 15.8 Å². The predicted molar refractivity (Wildman–Crippen MR) is 135 cm³/mol. The van der Waals surface area contributed by atoms with Crippen molar-refractivity contribution < 1.29 is 9.18 Å². The summed E-state index contributed by atoms with van der Waals surface area (Å²) < 4.78 is 13.5. The summed E-state index contributed by atoms with van der Waals surface area (Å²) in [5, 5.41) is 0.144. The third-order valence-corrected chi connectivity index (χ3v) is 7.10. The Hall–Kier alpha value is -3.15. The molecule has 174 valence electrons. The van der Waals surface area contributed by atoms with Gasteiger partial charge >= 0.3 is 0 Å². The van der Waals surface area contributed by atoms with Crippen molar-refractivity contribution in [1.82, 2.24) is 9.80 Å². The van der Waals surface area contributed by atoms with Gasteiger partial charge in [0.2, 0.25) is 0 Å². The molecule has 34 heavy (non-hydrogen) atoms. The first-order chi connectivity index (χ1) is 16.5. The Balaban J connectivity index is 1.22. The van der Waals surface area contributed by atoms with Crippen LogP contribution in [0.15, 0.2) is 79.0 Å². The lowest BCUT2D eigenvalue weighted by Gasteiger charge is -2.38. The van der Waals surface area contributed by atoms with Gasteiger partial charge in [0.15, 0.2) is 0 Å². The first-order valence-electron chi connectivity index (χ1n) is 11.6. The van der Waals surface area contributed by atoms with Gasteiger partial charge in [-0.15, -0.1) is 0 Å². The Labute approximate surface area is 204 Å². The Bertz CT molecular complexity index is 1220. The quantitative estimate of drug-likeness (QED) is 0.449. The highest BCUT2D eigenvalue weighted by atomic mass is 35.5. The highest BCUT2D eigenvalue weighted by Crippen LogP contribution is 2.33. The molecule has 1 saturated heterocycles. The summed E-state index contributed by atoms with van der Waals surface area (Å²) in [5.41, 5.74) is 5.19. The van der Waals surface area contributed by atoms with Crippen molar-refractivity contribution in [1.29, 1.82) is 0 Å². The summed E-state index contributed by atoms with van der Waals surface area (Å²) in [6.07, 6.45) is 5.18. The van der Waals surface area contributed by atoms with Crippen molar-refractivity contribution in [3.8, 4) is 0 Å². The molecule has 4 nitrogen and oxygen atoms in total. The van der Waals surface area contributed by atoms with Gasteiger partial charge in [-0.05, 0) is 66.9 Å². The number of carbonyl (C=O) groups is 1. The SMILES string of the molecule is CC(c1ccc(F)c(Cl)c1)N1CCN(C(=O)c2ccc(N3C=CCc4ccccc43)cc2)CC1. The molecule has 0 saturated carbocycles. The third-order valence-electron chi connectivity index (χ3n) is 6.81. The lowest BCUT2D eigenvalue weighted by Crippen LogP contribution is -2.49. The fourth-order valence-corrected chi connectivity index (χ4v) is 4.94. The number of halogens is 2. The molecule has 0 N–H and O–H groups in total. The number of piperazine rings is 1. The van der Waals surface area contributed by atoms with Gasteiger partial charge in [0.05, 0.1) is 5.02 Å². The first-order valence-corrected chi connectivity index (χ1v) is 12.0. The minimum absolute atomic E-state index is 0.0540. The summed E-state index contributed by atoms with van der Waals surface area (Å²) in [4.78, 5) is 19.5. The zero-order valence-corrected chi connectivity index (χ0v) is 19.9. The van der Waals surface area contributed by atoms with Crippen molar-refractivity contribution >= 4 is 28.9 Å². The zero-order chi connectivity index (χ0) is 23.7. The molecular formula is C28H27ClFN3O. The van der Waals surface area contributed by atoms with E-state index in [1.165, 1.54) is 17.3 Å². The van der Waals surface area contributed by atoms with E-state index in [9.17, 15) is 9.18 Å². The number of nitrogens with zero attached hydrogens (tertiary/aromatic N) is 3. The zero-order valence-electron chi connectivity index (χ0n) is 19.1. The van der Waals surface area contributed by atoms with Crippen LogP contribution in [0.5, 0.6) is 0 Å². The van der Waals surface area contributed by atoms with Crippen LogP contribution in [0.2, 0.25) is 5.02 Å². The van der Waals surface area contributed by atoms with Gasteiger partial charge in [-0.25, -0.2) is 4.39 Å². The number of anilines is 2. The third kappa shape index (κ3) is 4.46. The highest BCUT2D eigenvalue weighted by molar-refractivity contribution is 6.30. The van der Waals surface area contributed by atoms with Gasteiger partial charge in [0, 0.05) is 55.4 Å². The minimum Gasteiger partial charge on any atom is -0.336 e. The van der Waals surface area contributed by atoms with E-state index in [2.05, 4.69) is 47.2 Å². The van der Waals surface area contributed by atoms with Crippen LogP contribution in [0.1, 0.15) is 34.5 Å². The standard InChI is InChI=1S/C28H27ClFN3O/c1-20(23-10-13-26(30)25(29)19-23)31-15-17-32(18-16-31)28(34)22-8-11-24(12-9-22)33-14-4-6-21-5-2-3-7-27(21)33/h2-5,7-14,19-20H,6,15-18H2,1H3. The number of amides is 1. The number of hydrogen-bond acceptors (Lipinski definition) is 3. The largest absolute Gasteiger partial charge is 0.336 e. The van der Waals surface area contributed by atoms with E-state index in [0.29, 0.717) is 18.7 Å². The number of fused-ring (bicyclic) bond motifs is 1. The molecule has 5 rings (SSSR count). The van der Waals surface area contributed by atoms with E-state index in [1.54, 1.807) is 12.1 Å². The maximum Gasteiger partial charge on any atom is 0.253 e. The van der Waals surface area contributed by atoms with Gasteiger partial charge in [0.25, 0.3) is 5.91 Å². The number of carbonyl (C=O) groups excluding carboxylic acids is 1. The van der Waals surface area contributed by atoms with Crippen LogP contribution >= 0.6 is 11.6 Å². The summed E-state index contributed by atoms with van der Waals surface area (Å²) in [6, 6.07) is 21.2. The Kier molecular flexibility index (Phi) is 6.40. The van der Waals surface area contributed by atoms with E-state index in [0.717, 1.165) is 30.8 Å². The fraction of sp³-hybridized carbons (Fsp3) is 0.250. The molecule has 1 amide bonds. The van der Waals surface area contributed by atoms with E-state index in [4.69, 9.17) is 11.6 Å².